The van der Waals surface area contributed by atoms with Gasteiger partial charge in [-0.1, -0.05) is 24.3 Å². The van der Waals surface area contributed by atoms with Crippen molar-refractivity contribution in [2.75, 3.05) is 5.32 Å². The molecular formula is C15H11F3N6S. The Kier molecular flexibility index (Phi) is 4.36. The maximum absolute atomic E-state index is 13.0. The zero-order chi connectivity index (χ0) is 18.0. The number of nitrogens with one attached hydrogen (secondary N) is 2. The molecule has 0 aliphatic rings. The van der Waals surface area contributed by atoms with Crippen molar-refractivity contribution < 1.29 is 13.2 Å². The van der Waals surface area contributed by atoms with Crippen molar-refractivity contribution in [3.8, 4) is 22.5 Å². The fraction of sp³-hybridized carbons (Fsp3) is 0.0667. The van der Waals surface area contributed by atoms with Crippen LogP contribution in [0, 0.1) is 0 Å². The van der Waals surface area contributed by atoms with Crippen LogP contribution in [0.2, 0.25) is 0 Å². The van der Waals surface area contributed by atoms with Crippen LogP contribution in [-0.2, 0) is 6.18 Å². The first-order valence-electron chi connectivity index (χ1n) is 6.97. The number of nitrogens with two attached hydrogens (primary N) is 1. The van der Waals surface area contributed by atoms with Gasteiger partial charge in [0.2, 0.25) is 0 Å². The molecule has 0 saturated heterocycles. The second-order valence-corrected chi connectivity index (χ2v) is 5.49. The fourth-order valence-corrected chi connectivity index (χ4v) is 2.52. The van der Waals surface area contributed by atoms with E-state index >= 15 is 0 Å². The van der Waals surface area contributed by atoms with Crippen molar-refractivity contribution in [1.29, 1.82) is 0 Å². The molecule has 4 N–H and O–H groups in total. The van der Waals surface area contributed by atoms with Crippen molar-refractivity contribution in [1.82, 2.24) is 20.6 Å². The highest BCUT2D eigenvalue weighted by molar-refractivity contribution is 7.80. The minimum atomic E-state index is -4.45. The summed E-state index contributed by atoms with van der Waals surface area (Å²) in [4.78, 5) is 0. The summed E-state index contributed by atoms with van der Waals surface area (Å²) in [6, 6.07) is 10.00. The lowest BCUT2D eigenvalue weighted by atomic mass is 9.96. The molecule has 10 heteroatoms. The van der Waals surface area contributed by atoms with Gasteiger partial charge in [-0.3, -0.25) is 0 Å². The van der Waals surface area contributed by atoms with Gasteiger partial charge in [0.15, 0.2) is 10.9 Å². The fourth-order valence-electron chi connectivity index (χ4n) is 2.41. The Hall–Kier alpha value is -3.01. The second kappa shape index (κ2) is 6.48. The van der Waals surface area contributed by atoms with Gasteiger partial charge in [-0.05, 0) is 52.0 Å². The molecule has 128 valence electrons. The lowest BCUT2D eigenvalue weighted by molar-refractivity contribution is -0.137. The normalized spacial score (nSPS) is 11.3. The molecule has 0 aliphatic carbocycles. The van der Waals surface area contributed by atoms with Gasteiger partial charge in [0.25, 0.3) is 0 Å². The van der Waals surface area contributed by atoms with E-state index in [2.05, 4.69) is 25.9 Å². The van der Waals surface area contributed by atoms with E-state index in [1.807, 2.05) is 0 Å². The lowest BCUT2D eigenvalue weighted by Crippen LogP contribution is -2.19. The van der Waals surface area contributed by atoms with Crippen LogP contribution in [0.4, 0.5) is 18.9 Å². The van der Waals surface area contributed by atoms with E-state index in [9.17, 15) is 13.2 Å². The highest BCUT2D eigenvalue weighted by atomic mass is 32.1. The molecule has 6 nitrogen and oxygen atoms in total. The molecular weight excluding hydrogens is 353 g/mol. The molecule has 0 atom stereocenters. The molecule has 3 rings (SSSR count). The van der Waals surface area contributed by atoms with Crippen LogP contribution in [0.25, 0.3) is 22.5 Å². The van der Waals surface area contributed by atoms with Crippen LogP contribution in [0.15, 0.2) is 42.5 Å². The Bertz CT molecular complexity index is 908. The number of H-pyrrole nitrogens is 1. The Morgan fingerprint density at radius 3 is 2.56 bits per heavy atom. The number of nitrogens with zero attached hydrogens (tertiary/aromatic N) is 3. The van der Waals surface area contributed by atoms with Crippen molar-refractivity contribution in [2.24, 2.45) is 5.73 Å². The lowest BCUT2D eigenvalue weighted by Gasteiger charge is -2.15. The first-order valence-corrected chi connectivity index (χ1v) is 7.38. The van der Waals surface area contributed by atoms with E-state index in [0.717, 1.165) is 12.1 Å². The molecule has 25 heavy (non-hydrogen) atoms. The average molecular weight is 364 g/mol. The largest absolute Gasteiger partial charge is 0.416 e. The molecule has 0 amide bonds. The third-order valence-corrected chi connectivity index (χ3v) is 3.51. The highest BCUT2D eigenvalue weighted by Crippen LogP contribution is 2.38. The summed E-state index contributed by atoms with van der Waals surface area (Å²) in [6.07, 6.45) is -4.45. The third-order valence-electron chi connectivity index (χ3n) is 3.41. The van der Waals surface area contributed by atoms with Gasteiger partial charge in [-0.15, -0.1) is 5.10 Å². The average Bonchev–Trinajstić information content (AvgIpc) is 3.07. The molecule has 0 bridgehead atoms. The van der Waals surface area contributed by atoms with E-state index in [0.29, 0.717) is 22.4 Å². The van der Waals surface area contributed by atoms with E-state index in [1.165, 1.54) is 6.07 Å². The SMILES string of the molecule is NC(=S)Nc1cccc(-c2cccc(C(F)(F)F)c2)c1-c1nnn[nH]1. The summed E-state index contributed by atoms with van der Waals surface area (Å²) in [5.74, 6) is 0.270. The van der Waals surface area contributed by atoms with Crippen LogP contribution in [0.5, 0.6) is 0 Å². The zero-order valence-corrected chi connectivity index (χ0v) is 13.3. The maximum atomic E-state index is 13.0. The molecule has 0 aliphatic heterocycles. The number of aromatic amines is 1. The summed E-state index contributed by atoms with van der Waals surface area (Å²) in [6.45, 7) is 0. The Morgan fingerprint density at radius 1 is 1.16 bits per heavy atom. The Morgan fingerprint density at radius 2 is 1.92 bits per heavy atom. The number of thiocarbonyl (C=S) groups is 1. The van der Waals surface area contributed by atoms with Gasteiger partial charge >= 0.3 is 6.18 Å². The van der Waals surface area contributed by atoms with Gasteiger partial charge in [0, 0.05) is 0 Å². The van der Waals surface area contributed by atoms with Crippen molar-refractivity contribution in [3.05, 3.63) is 48.0 Å². The van der Waals surface area contributed by atoms with E-state index in [1.54, 1.807) is 24.3 Å². The first kappa shape index (κ1) is 16.8. The number of anilines is 1. The molecule has 0 radical (unpaired) electrons. The number of aromatic nitrogens is 4. The Balaban J connectivity index is 2.21. The van der Waals surface area contributed by atoms with E-state index in [4.69, 9.17) is 18.0 Å². The monoisotopic (exact) mass is 364 g/mol. The second-order valence-electron chi connectivity index (χ2n) is 5.05. The smallest absolute Gasteiger partial charge is 0.376 e. The molecule has 1 heterocycles. The van der Waals surface area contributed by atoms with E-state index < -0.39 is 11.7 Å². The number of halogens is 3. The number of tetrazole rings is 1. The summed E-state index contributed by atoms with van der Waals surface area (Å²) in [5.41, 5.74) is 6.55. The summed E-state index contributed by atoms with van der Waals surface area (Å²) >= 11 is 4.85. The van der Waals surface area contributed by atoms with Gasteiger partial charge in [-0.2, -0.15) is 13.2 Å². The predicted molar refractivity (Wildman–Crippen MR) is 90.5 cm³/mol. The molecule has 0 saturated carbocycles. The standard InChI is InChI=1S/C15H11F3N6S/c16-15(17,18)9-4-1-3-8(7-9)10-5-2-6-11(20-14(19)25)12(10)13-21-23-24-22-13/h1-7H,(H3,19,20,25)(H,21,22,23,24). The van der Waals surface area contributed by atoms with Gasteiger partial charge in [-0.25, -0.2) is 5.10 Å². The topological polar surface area (TPSA) is 92.5 Å². The van der Waals surface area contributed by atoms with Crippen LogP contribution >= 0.6 is 12.2 Å². The number of hydrogen-bond donors (Lipinski definition) is 3. The third kappa shape index (κ3) is 3.58. The summed E-state index contributed by atoms with van der Waals surface area (Å²) in [7, 11) is 0. The predicted octanol–water partition coefficient (Wildman–Crippen LogP) is 3.21. The van der Waals surface area contributed by atoms with Crippen LogP contribution < -0.4 is 11.1 Å². The number of benzene rings is 2. The minimum Gasteiger partial charge on any atom is -0.376 e. The zero-order valence-electron chi connectivity index (χ0n) is 12.5. The minimum absolute atomic E-state index is 0.00918. The van der Waals surface area contributed by atoms with Crippen LogP contribution in [0.1, 0.15) is 5.56 Å². The molecule has 0 spiro atoms. The molecule has 3 aromatic rings. The van der Waals surface area contributed by atoms with Crippen molar-refractivity contribution in [3.63, 3.8) is 0 Å². The number of hydrogen-bond acceptors (Lipinski definition) is 4. The highest BCUT2D eigenvalue weighted by Gasteiger charge is 2.30. The summed E-state index contributed by atoms with van der Waals surface area (Å²) in [5, 5.41) is 16.3. The van der Waals surface area contributed by atoms with Crippen LogP contribution in [0.3, 0.4) is 0 Å². The quantitative estimate of drug-likeness (QED) is 0.618. The molecule has 0 unspecified atom stereocenters. The summed E-state index contributed by atoms with van der Waals surface area (Å²) < 4.78 is 39.1. The van der Waals surface area contributed by atoms with Gasteiger partial charge in [0.1, 0.15) is 0 Å². The van der Waals surface area contributed by atoms with Crippen LogP contribution in [-0.4, -0.2) is 25.7 Å². The van der Waals surface area contributed by atoms with E-state index in [-0.39, 0.29) is 10.9 Å². The molecule has 2 aromatic carbocycles. The number of alkyl halides is 3. The van der Waals surface area contributed by atoms with Crippen molar-refractivity contribution in [2.45, 2.75) is 6.18 Å². The Labute approximate surface area is 145 Å². The first-order chi connectivity index (χ1) is 11.9. The maximum Gasteiger partial charge on any atom is 0.416 e. The molecule has 1 aromatic heterocycles. The molecule has 0 fully saturated rings. The van der Waals surface area contributed by atoms with Crippen molar-refractivity contribution >= 4 is 23.0 Å². The number of rotatable bonds is 3. The van der Waals surface area contributed by atoms with Gasteiger partial charge < -0.3 is 11.1 Å². The van der Waals surface area contributed by atoms with Gasteiger partial charge in [0.05, 0.1) is 16.8 Å².